The molecule has 4 rings (SSSR count). The van der Waals surface area contributed by atoms with Crippen LogP contribution in [-0.4, -0.2) is 11.5 Å². The third kappa shape index (κ3) is 2.42. The first-order chi connectivity index (χ1) is 11.7. The van der Waals surface area contributed by atoms with Gasteiger partial charge in [-0.05, 0) is 49.1 Å². The molecule has 0 aliphatic heterocycles. The van der Waals surface area contributed by atoms with E-state index in [-0.39, 0.29) is 0 Å². The molecule has 0 aliphatic carbocycles. The fourth-order valence-electron chi connectivity index (χ4n) is 3.08. The number of aryl methyl sites for hydroxylation is 1. The molecule has 0 saturated carbocycles. The Hall–Kier alpha value is -2.52. The van der Waals surface area contributed by atoms with Crippen LogP contribution in [0.1, 0.15) is 12.5 Å². The van der Waals surface area contributed by atoms with Crippen molar-refractivity contribution < 1.29 is 4.42 Å². The summed E-state index contributed by atoms with van der Waals surface area (Å²) in [6.45, 7) is 4.99. The van der Waals surface area contributed by atoms with Gasteiger partial charge in [-0.3, -0.25) is 0 Å². The van der Waals surface area contributed by atoms with Gasteiger partial charge in [-0.2, -0.15) is 0 Å². The van der Waals surface area contributed by atoms with E-state index in [4.69, 9.17) is 21.0 Å². The van der Waals surface area contributed by atoms with Crippen molar-refractivity contribution in [1.29, 1.82) is 0 Å². The van der Waals surface area contributed by atoms with Gasteiger partial charge in [0.2, 0.25) is 5.89 Å². The lowest BCUT2D eigenvalue weighted by molar-refractivity contribution is 0.618. The molecule has 1 aromatic heterocycles. The Morgan fingerprint density at radius 3 is 2.71 bits per heavy atom. The summed E-state index contributed by atoms with van der Waals surface area (Å²) in [5.74, 6) is 0.620. The molecule has 0 amide bonds. The van der Waals surface area contributed by atoms with E-state index >= 15 is 0 Å². The molecule has 3 nitrogen and oxygen atoms in total. The molecular weight excluding hydrogens is 320 g/mol. The molecule has 0 radical (unpaired) electrons. The van der Waals surface area contributed by atoms with Crippen molar-refractivity contribution in [2.45, 2.75) is 13.8 Å². The third-order valence-corrected chi connectivity index (χ3v) is 4.49. The van der Waals surface area contributed by atoms with Crippen LogP contribution in [0.15, 0.2) is 52.9 Å². The van der Waals surface area contributed by atoms with Crippen molar-refractivity contribution in [2.75, 3.05) is 11.9 Å². The zero-order valence-electron chi connectivity index (χ0n) is 13.6. The summed E-state index contributed by atoms with van der Waals surface area (Å²) in [6, 6.07) is 16.0. The molecule has 4 heteroatoms. The predicted molar refractivity (Wildman–Crippen MR) is 101 cm³/mol. The van der Waals surface area contributed by atoms with E-state index in [1.165, 1.54) is 0 Å². The minimum Gasteiger partial charge on any atom is -0.436 e. The van der Waals surface area contributed by atoms with Crippen molar-refractivity contribution in [3.05, 3.63) is 59.1 Å². The number of anilines is 1. The van der Waals surface area contributed by atoms with Crippen molar-refractivity contribution in [2.24, 2.45) is 0 Å². The zero-order valence-corrected chi connectivity index (χ0v) is 14.3. The number of nitrogens with one attached hydrogen (secondary N) is 1. The number of rotatable bonds is 3. The summed E-state index contributed by atoms with van der Waals surface area (Å²) in [6.07, 6.45) is 0. The summed E-state index contributed by atoms with van der Waals surface area (Å²) in [4.78, 5) is 4.72. The summed E-state index contributed by atoms with van der Waals surface area (Å²) in [5.41, 5.74) is 4.77. The van der Waals surface area contributed by atoms with Crippen LogP contribution in [0, 0.1) is 6.92 Å². The minimum absolute atomic E-state index is 0.620. The molecular formula is C20H17ClN2O. The highest BCUT2D eigenvalue weighted by Gasteiger charge is 2.14. The second-order valence-corrected chi connectivity index (χ2v) is 6.24. The first-order valence-electron chi connectivity index (χ1n) is 8.00. The summed E-state index contributed by atoms with van der Waals surface area (Å²) in [7, 11) is 0. The van der Waals surface area contributed by atoms with Gasteiger partial charge >= 0.3 is 0 Å². The van der Waals surface area contributed by atoms with Crippen molar-refractivity contribution in [3.8, 4) is 11.5 Å². The van der Waals surface area contributed by atoms with Crippen molar-refractivity contribution >= 4 is 39.2 Å². The number of hydrogen-bond donors (Lipinski definition) is 1. The molecule has 0 saturated heterocycles. The second kappa shape index (κ2) is 5.84. The Morgan fingerprint density at radius 1 is 1.08 bits per heavy atom. The fraction of sp³-hybridized carbons (Fsp3) is 0.150. The predicted octanol–water partition coefficient (Wildman–Crippen LogP) is 6.04. The van der Waals surface area contributed by atoms with Gasteiger partial charge in [0.05, 0.1) is 0 Å². The Balaban J connectivity index is 1.94. The van der Waals surface area contributed by atoms with Gasteiger partial charge in [0.25, 0.3) is 0 Å². The fourth-order valence-corrected chi connectivity index (χ4v) is 3.32. The van der Waals surface area contributed by atoms with Gasteiger partial charge in [0.1, 0.15) is 5.52 Å². The highest BCUT2D eigenvalue weighted by Crippen LogP contribution is 2.34. The molecule has 3 aromatic carbocycles. The van der Waals surface area contributed by atoms with Crippen LogP contribution in [0.4, 0.5) is 5.69 Å². The Morgan fingerprint density at radius 2 is 1.88 bits per heavy atom. The van der Waals surface area contributed by atoms with E-state index in [1.807, 2.05) is 49.4 Å². The lowest BCUT2D eigenvalue weighted by atomic mass is 10.0. The van der Waals surface area contributed by atoms with Gasteiger partial charge in [-0.15, -0.1) is 0 Å². The number of halogens is 1. The molecule has 120 valence electrons. The van der Waals surface area contributed by atoms with E-state index in [0.717, 1.165) is 50.3 Å². The smallest absolute Gasteiger partial charge is 0.227 e. The molecule has 1 heterocycles. The summed E-state index contributed by atoms with van der Waals surface area (Å²) >= 11 is 6.32. The van der Waals surface area contributed by atoms with Gasteiger partial charge in [-0.25, -0.2) is 4.98 Å². The molecule has 0 spiro atoms. The lowest BCUT2D eigenvalue weighted by Crippen LogP contribution is -1.96. The number of benzene rings is 3. The van der Waals surface area contributed by atoms with Gasteiger partial charge in [-0.1, -0.05) is 35.9 Å². The Kier molecular flexibility index (Phi) is 3.66. The normalized spacial score (nSPS) is 11.3. The number of fused-ring (bicyclic) bond motifs is 2. The largest absolute Gasteiger partial charge is 0.436 e. The van der Waals surface area contributed by atoms with Crippen LogP contribution in [0.5, 0.6) is 0 Å². The van der Waals surface area contributed by atoms with E-state index in [1.54, 1.807) is 0 Å². The monoisotopic (exact) mass is 336 g/mol. The number of aromatic nitrogens is 1. The molecule has 24 heavy (non-hydrogen) atoms. The first-order valence-corrected chi connectivity index (χ1v) is 8.38. The molecule has 0 atom stereocenters. The lowest BCUT2D eigenvalue weighted by Gasteiger charge is -2.04. The van der Waals surface area contributed by atoms with Crippen molar-refractivity contribution in [3.63, 3.8) is 0 Å². The summed E-state index contributed by atoms with van der Waals surface area (Å²) in [5, 5.41) is 6.11. The summed E-state index contributed by atoms with van der Waals surface area (Å²) < 4.78 is 6.08. The van der Waals surface area contributed by atoms with E-state index in [9.17, 15) is 0 Å². The van der Waals surface area contributed by atoms with Crippen LogP contribution in [0.2, 0.25) is 5.02 Å². The number of oxazole rings is 1. The number of hydrogen-bond acceptors (Lipinski definition) is 3. The molecule has 0 bridgehead atoms. The SMILES string of the molecule is CCNc1cc(C)c2oc(-c3cccc4c(Cl)cccc34)nc2c1. The first kappa shape index (κ1) is 15.0. The average molecular weight is 337 g/mol. The average Bonchev–Trinajstić information content (AvgIpc) is 3.00. The van der Waals surface area contributed by atoms with E-state index < -0.39 is 0 Å². The quantitative estimate of drug-likeness (QED) is 0.495. The Bertz CT molecular complexity index is 1050. The number of nitrogens with zero attached hydrogens (tertiary/aromatic N) is 1. The van der Waals surface area contributed by atoms with Crippen LogP contribution >= 0.6 is 11.6 Å². The second-order valence-electron chi connectivity index (χ2n) is 5.83. The minimum atomic E-state index is 0.620. The highest BCUT2D eigenvalue weighted by atomic mass is 35.5. The molecule has 4 aromatic rings. The van der Waals surface area contributed by atoms with Gasteiger partial charge in [0, 0.05) is 28.2 Å². The third-order valence-electron chi connectivity index (χ3n) is 4.16. The molecule has 0 unspecified atom stereocenters. The standard InChI is InChI=1S/C20H17ClN2O/c1-3-22-13-10-12(2)19-18(11-13)23-20(24-19)16-8-4-7-15-14(16)6-5-9-17(15)21/h4-11,22H,3H2,1-2H3. The van der Waals surface area contributed by atoms with Gasteiger partial charge < -0.3 is 9.73 Å². The maximum atomic E-state index is 6.32. The zero-order chi connectivity index (χ0) is 16.7. The Labute approximate surface area is 145 Å². The molecule has 0 aliphatic rings. The van der Waals surface area contributed by atoms with Crippen LogP contribution in [-0.2, 0) is 0 Å². The highest BCUT2D eigenvalue weighted by molar-refractivity contribution is 6.35. The van der Waals surface area contributed by atoms with E-state index in [0.29, 0.717) is 5.89 Å². The topological polar surface area (TPSA) is 38.1 Å². The van der Waals surface area contributed by atoms with E-state index in [2.05, 4.69) is 18.3 Å². The maximum Gasteiger partial charge on any atom is 0.227 e. The van der Waals surface area contributed by atoms with Crippen LogP contribution < -0.4 is 5.32 Å². The molecule has 1 N–H and O–H groups in total. The maximum absolute atomic E-state index is 6.32. The molecule has 0 fully saturated rings. The van der Waals surface area contributed by atoms with Gasteiger partial charge in [0.15, 0.2) is 5.58 Å². The van der Waals surface area contributed by atoms with Crippen LogP contribution in [0.3, 0.4) is 0 Å². The van der Waals surface area contributed by atoms with Crippen LogP contribution in [0.25, 0.3) is 33.3 Å². The van der Waals surface area contributed by atoms with Crippen molar-refractivity contribution in [1.82, 2.24) is 4.98 Å².